The van der Waals surface area contributed by atoms with Gasteiger partial charge in [-0.15, -0.1) is 0 Å². The zero-order valence-electron chi connectivity index (χ0n) is 7.85. The molecule has 0 aliphatic heterocycles. The van der Waals surface area contributed by atoms with E-state index in [4.69, 9.17) is 39.2 Å². The van der Waals surface area contributed by atoms with Gasteiger partial charge in [0, 0.05) is 16.1 Å². The van der Waals surface area contributed by atoms with Crippen LogP contribution in [-0.4, -0.2) is 0 Å². The standard InChI is InChI=1S/C11H7Cl3O/c1-6-2-7(5-15-6)11-9(13)3-8(12)4-10(11)14/h2-5H,1H3. The van der Waals surface area contributed by atoms with Crippen molar-refractivity contribution in [1.82, 2.24) is 0 Å². The van der Waals surface area contributed by atoms with Crippen LogP contribution < -0.4 is 0 Å². The summed E-state index contributed by atoms with van der Waals surface area (Å²) in [6, 6.07) is 5.19. The Labute approximate surface area is 103 Å². The number of furan rings is 1. The molecule has 0 spiro atoms. The lowest BCUT2D eigenvalue weighted by Gasteiger charge is -2.04. The van der Waals surface area contributed by atoms with E-state index in [2.05, 4.69) is 0 Å². The van der Waals surface area contributed by atoms with Gasteiger partial charge in [-0.1, -0.05) is 34.8 Å². The van der Waals surface area contributed by atoms with Gasteiger partial charge in [-0.2, -0.15) is 0 Å². The fourth-order valence-corrected chi connectivity index (χ4v) is 2.43. The molecule has 78 valence electrons. The van der Waals surface area contributed by atoms with Crippen LogP contribution >= 0.6 is 34.8 Å². The molecule has 1 nitrogen and oxygen atoms in total. The first-order chi connectivity index (χ1) is 7.08. The summed E-state index contributed by atoms with van der Waals surface area (Å²) in [7, 11) is 0. The predicted octanol–water partition coefficient (Wildman–Crippen LogP) is 5.22. The van der Waals surface area contributed by atoms with Crippen molar-refractivity contribution >= 4 is 34.8 Å². The molecule has 2 rings (SSSR count). The van der Waals surface area contributed by atoms with Gasteiger partial charge in [-0.3, -0.25) is 0 Å². The molecule has 2 aromatic rings. The van der Waals surface area contributed by atoms with E-state index in [9.17, 15) is 0 Å². The van der Waals surface area contributed by atoms with Crippen molar-refractivity contribution in [3.63, 3.8) is 0 Å². The van der Waals surface area contributed by atoms with E-state index in [1.165, 1.54) is 0 Å². The molecule has 0 aliphatic carbocycles. The highest BCUT2D eigenvalue weighted by molar-refractivity contribution is 6.41. The van der Waals surface area contributed by atoms with E-state index in [0.717, 1.165) is 16.9 Å². The summed E-state index contributed by atoms with van der Waals surface area (Å²) < 4.78 is 5.21. The third kappa shape index (κ3) is 2.15. The van der Waals surface area contributed by atoms with E-state index < -0.39 is 0 Å². The van der Waals surface area contributed by atoms with Crippen LogP contribution in [0.5, 0.6) is 0 Å². The highest BCUT2D eigenvalue weighted by Crippen LogP contribution is 2.37. The normalized spacial score (nSPS) is 10.7. The molecular weight excluding hydrogens is 254 g/mol. The highest BCUT2D eigenvalue weighted by Gasteiger charge is 2.11. The van der Waals surface area contributed by atoms with Crippen molar-refractivity contribution in [2.45, 2.75) is 6.92 Å². The quantitative estimate of drug-likeness (QED) is 0.686. The van der Waals surface area contributed by atoms with Crippen molar-refractivity contribution in [2.75, 3.05) is 0 Å². The fourth-order valence-electron chi connectivity index (χ4n) is 1.39. The van der Waals surface area contributed by atoms with E-state index in [0.29, 0.717) is 15.1 Å². The van der Waals surface area contributed by atoms with Crippen molar-refractivity contribution < 1.29 is 4.42 Å². The van der Waals surface area contributed by atoms with Gasteiger partial charge in [0.25, 0.3) is 0 Å². The molecule has 0 N–H and O–H groups in total. The molecule has 0 bridgehead atoms. The zero-order valence-corrected chi connectivity index (χ0v) is 10.1. The average molecular weight is 262 g/mol. The van der Waals surface area contributed by atoms with Crippen molar-refractivity contribution in [3.8, 4) is 11.1 Å². The minimum atomic E-state index is 0.522. The monoisotopic (exact) mass is 260 g/mol. The number of benzene rings is 1. The first kappa shape index (κ1) is 10.9. The molecule has 0 radical (unpaired) electrons. The summed E-state index contributed by atoms with van der Waals surface area (Å²) in [5.41, 5.74) is 1.61. The van der Waals surface area contributed by atoms with Crippen LogP contribution in [0, 0.1) is 6.92 Å². The van der Waals surface area contributed by atoms with Gasteiger partial charge in [-0.05, 0) is 25.1 Å². The lowest BCUT2D eigenvalue weighted by molar-refractivity contribution is 0.535. The maximum Gasteiger partial charge on any atom is 0.101 e. The van der Waals surface area contributed by atoms with Crippen molar-refractivity contribution in [1.29, 1.82) is 0 Å². The largest absolute Gasteiger partial charge is 0.469 e. The summed E-state index contributed by atoms with van der Waals surface area (Å²) in [4.78, 5) is 0. The Hall–Kier alpha value is -0.630. The summed E-state index contributed by atoms with van der Waals surface area (Å²) in [5, 5.41) is 1.57. The molecule has 1 heterocycles. The molecule has 15 heavy (non-hydrogen) atoms. The summed E-state index contributed by atoms with van der Waals surface area (Å²) in [6.07, 6.45) is 1.62. The minimum Gasteiger partial charge on any atom is -0.469 e. The number of hydrogen-bond donors (Lipinski definition) is 0. The highest BCUT2D eigenvalue weighted by atomic mass is 35.5. The Morgan fingerprint density at radius 1 is 1.00 bits per heavy atom. The molecule has 0 saturated heterocycles. The molecule has 0 fully saturated rings. The molecule has 1 aromatic carbocycles. The van der Waals surface area contributed by atoms with Crippen LogP contribution in [0.1, 0.15) is 5.76 Å². The molecule has 0 amide bonds. The maximum atomic E-state index is 6.07. The summed E-state index contributed by atoms with van der Waals surface area (Å²) >= 11 is 18.0. The Morgan fingerprint density at radius 3 is 2.07 bits per heavy atom. The topological polar surface area (TPSA) is 13.1 Å². The second-order valence-corrected chi connectivity index (χ2v) is 4.44. The minimum absolute atomic E-state index is 0.522. The number of aryl methyl sites for hydroxylation is 1. The molecule has 4 heteroatoms. The van der Waals surface area contributed by atoms with Crippen LogP contribution in [0.25, 0.3) is 11.1 Å². The molecule has 0 saturated carbocycles. The van der Waals surface area contributed by atoms with E-state index in [1.54, 1.807) is 18.4 Å². The number of hydrogen-bond acceptors (Lipinski definition) is 1. The second-order valence-electron chi connectivity index (χ2n) is 3.19. The molecule has 0 aliphatic rings. The number of rotatable bonds is 1. The zero-order chi connectivity index (χ0) is 11.0. The van der Waals surface area contributed by atoms with Gasteiger partial charge in [0.1, 0.15) is 5.76 Å². The van der Waals surface area contributed by atoms with Crippen LogP contribution in [0.4, 0.5) is 0 Å². The van der Waals surface area contributed by atoms with Gasteiger partial charge in [0.2, 0.25) is 0 Å². The van der Waals surface area contributed by atoms with E-state index in [-0.39, 0.29) is 0 Å². The maximum absolute atomic E-state index is 6.07. The van der Waals surface area contributed by atoms with Gasteiger partial charge in [0.05, 0.1) is 16.3 Å². The molecular formula is C11H7Cl3O. The van der Waals surface area contributed by atoms with Gasteiger partial charge < -0.3 is 4.42 Å². The Balaban J connectivity index is 2.62. The molecule has 0 atom stereocenters. The Morgan fingerprint density at radius 2 is 1.60 bits per heavy atom. The van der Waals surface area contributed by atoms with E-state index in [1.807, 2.05) is 13.0 Å². The lowest BCUT2D eigenvalue weighted by atomic mass is 10.1. The number of halogens is 3. The Bertz CT molecular complexity index is 479. The van der Waals surface area contributed by atoms with E-state index >= 15 is 0 Å². The summed E-state index contributed by atoms with van der Waals surface area (Å²) in [6.45, 7) is 1.86. The average Bonchev–Trinajstić information content (AvgIpc) is 2.49. The Kier molecular flexibility index (Phi) is 2.96. The van der Waals surface area contributed by atoms with Crippen LogP contribution in [0.15, 0.2) is 28.9 Å². The summed E-state index contributed by atoms with van der Waals surface area (Å²) in [5.74, 6) is 0.812. The van der Waals surface area contributed by atoms with Gasteiger partial charge in [-0.25, -0.2) is 0 Å². The van der Waals surface area contributed by atoms with Gasteiger partial charge >= 0.3 is 0 Å². The molecule has 1 aromatic heterocycles. The van der Waals surface area contributed by atoms with Gasteiger partial charge in [0.15, 0.2) is 0 Å². The molecule has 0 unspecified atom stereocenters. The van der Waals surface area contributed by atoms with Crippen LogP contribution in [-0.2, 0) is 0 Å². The van der Waals surface area contributed by atoms with Crippen molar-refractivity contribution in [3.05, 3.63) is 45.3 Å². The fraction of sp³-hybridized carbons (Fsp3) is 0.0909. The predicted molar refractivity (Wildman–Crippen MR) is 63.9 cm³/mol. The SMILES string of the molecule is Cc1cc(-c2c(Cl)cc(Cl)cc2Cl)co1. The van der Waals surface area contributed by atoms with Crippen LogP contribution in [0.2, 0.25) is 15.1 Å². The smallest absolute Gasteiger partial charge is 0.101 e. The van der Waals surface area contributed by atoms with Crippen LogP contribution in [0.3, 0.4) is 0 Å². The second kappa shape index (κ2) is 4.09. The lowest BCUT2D eigenvalue weighted by Crippen LogP contribution is -1.79. The third-order valence-electron chi connectivity index (χ3n) is 2.03. The first-order valence-electron chi connectivity index (χ1n) is 4.28. The third-order valence-corrected chi connectivity index (χ3v) is 2.84. The van der Waals surface area contributed by atoms with Crippen molar-refractivity contribution in [2.24, 2.45) is 0 Å². The first-order valence-corrected chi connectivity index (χ1v) is 5.41.